The zero-order chi connectivity index (χ0) is 13.8. The molecule has 0 aliphatic carbocycles. The molecule has 1 aromatic carbocycles. The summed E-state index contributed by atoms with van der Waals surface area (Å²) in [6.45, 7) is 1.88. The van der Waals surface area contributed by atoms with Crippen molar-refractivity contribution in [3.8, 4) is 11.5 Å². The molecule has 2 rings (SSSR count). The number of carbonyl (C=O) groups is 1. The lowest BCUT2D eigenvalue weighted by Gasteiger charge is -2.09. The molecular weight excluding hydrogens is 244 g/mol. The van der Waals surface area contributed by atoms with Gasteiger partial charge in [-0.3, -0.25) is 4.98 Å². The molecule has 1 heterocycles. The Hall–Kier alpha value is -2.56. The molecule has 19 heavy (non-hydrogen) atoms. The van der Waals surface area contributed by atoms with Crippen molar-refractivity contribution < 1.29 is 14.3 Å². The van der Waals surface area contributed by atoms with E-state index in [1.54, 1.807) is 30.5 Å². The minimum absolute atomic E-state index is 0.381. The van der Waals surface area contributed by atoms with Crippen LogP contribution in [0.3, 0.4) is 0 Å². The van der Waals surface area contributed by atoms with E-state index in [-0.39, 0.29) is 0 Å². The van der Waals surface area contributed by atoms with Crippen LogP contribution in [0.25, 0.3) is 0 Å². The van der Waals surface area contributed by atoms with Crippen LogP contribution in [0.1, 0.15) is 16.1 Å². The molecule has 0 saturated heterocycles. The number of nitrogen functional groups attached to an aromatic ring is 1. The van der Waals surface area contributed by atoms with E-state index in [9.17, 15) is 4.79 Å². The van der Waals surface area contributed by atoms with Gasteiger partial charge in [0.25, 0.3) is 0 Å². The molecule has 98 valence electrons. The molecule has 0 unspecified atom stereocenters. The van der Waals surface area contributed by atoms with E-state index in [4.69, 9.17) is 10.5 Å². The minimum atomic E-state index is -0.438. The Bertz CT molecular complexity index is 594. The number of nitrogens with two attached hydrogens (primary N) is 1. The lowest BCUT2D eigenvalue weighted by Crippen LogP contribution is -2.02. The third-order valence-corrected chi connectivity index (χ3v) is 2.55. The van der Waals surface area contributed by atoms with Crippen LogP contribution in [0.15, 0.2) is 36.5 Å². The molecule has 0 bridgehead atoms. The predicted molar refractivity (Wildman–Crippen MR) is 71.2 cm³/mol. The third kappa shape index (κ3) is 3.01. The van der Waals surface area contributed by atoms with E-state index >= 15 is 0 Å². The van der Waals surface area contributed by atoms with Gasteiger partial charge in [-0.1, -0.05) is 0 Å². The fourth-order valence-electron chi connectivity index (χ4n) is 1.51. The molecule has 1 aromatic heterocycles. The van der Waals surface area contributed by atoms with Crippen LogP contribution in [0, 0.1) is 6.92 Å². The summed E-state index contributed by atoms with van der Waals surface area (Å²) >= 11 is 0. The quantitative estimate of drug-likeness (QED) is 0.676. The number of ether oxygens (including phenoxy) is 2. The van der Waals surface area contributed by atoms with Crippen LogP contribution in [-0.2, 0) is 4.74 Å². The standard InChI is InChI=1S/C14H14N2O3/c1-9-3-5-11(8-16-9)19-13-7-10(14(17)18-2)4-6-12(13)15/h3-8H,15H2,1-2H3. The number of hydrogen-bond donors (Lipinski definition) is 1. The van der Waals surface area contributed by atoms with E-state index < -0.39 is 5.97 Å². The lowest BCUT2D eigenvalue weighted by molar-refractivity contribution is 0.0600. The average molecular weight is 258 g/mol. The summed E-state index contributed by atoms with van der Waals surface area (Å²) in [4.78, 5) is 15.6. The van der Waals surface area contributed by atoms with E-state index in [1.165, 1.54) is 7.11 Å². The summed E-state index contributed by atoms with van der Waals surface area (Å²) in [5.74, 6) is 0.514. The average Bonchev–Trinajstić information content (AvgIpc) is 2.43. The summed E-state index contributed by atoms with van der Waals surface area (Å²) in [6, 6.07) is 8.34. The number of pyridine rings is 1. The minimum Gasteiger partial charge on any atom is -0.465 e. The van der Waals surface area contributed by atoms with Gasteiger partial charge in [-0.2, -0.15) is 0 Å². The number of aromatic nitrogens is 1. The van der Waals surface area contributed by atoms with Crippen LogP contribution >= 0.6 is 0 Å². The Morgan fingerprint density at radius 2 is 2.05 bits per heavy atom. The van der Waals surface area contributed by atoms with Crippen LogP contribution in [0.5, 0.6) is 11.5 Å². The topological polar surface area (TPSA) is 74.4 Å². The van der Waals surface area contributed by atoms with Crippen LogP contribution in [0.4, 0.5) is 5.69 Å². The summed E-state index contributed by atoms with van der Waals surface area (Å²) in [5, 5.41) is 0. The Kier molecular flexibility index (Phi) is 3.66. The first-order chi connectivity index (χ1) is 9.10. The highest BCUT2D eigenvalue weighted by Crippen LogP contribution is 2.28. The van der Waals surface area contributed by atoms with Gasteiger partial charge in [-0.25, -0.2) is 4.79 Å². The maximum atomic E-state index is 11.4. The zero-order valence-electron chi connectivity index (χ0n) is 10.7. The highest BCUT2D eigenvalue weighted by atomic mass is 16.5. The largest absolute Gasteiger partial charge is 0.465 e. The number of rotatable bonds is 3. The van der Waals surface area contributed by atoms with Crippen LogP contribution in [-0.4, -0.2) is 18.1 Å². The number of aryl methyl sites for hydroxylation is 1. The Balaban J connectivity index is 2.28. The van der Waals surface area contributed by atoms with Crippen molar-refractivity contribution in [1.29, 1.82) is 0 Å². The first-order valence-corrected chi connectivity index (χ1v) is 5.68. The highest BCUT2D eigenvalue weighted by molar-refractivity contribution is 5.90. The van der Waals surface area contributed by atoms with Crippen LogP contribution < -0.4 is 10.5 Å². The molecule has 5 heteroatoms. The molecule has 0 aliphatic rings. The van der Waals surface area contributed by atoms with Gasteiger partial charge >= 0.3 is 5.97 Å². The second kappa shape index (κ2) is 5.39. The van der Waals surface area contributed by atoms with Gasteiger partial charge in [-0.15, -0.1) is 0 Å². The molecule has 0 radical (unpaired) electrons. The van der Waals surface area contributed by atoms with E-state index in [2.05, 4.69) is 9.72 Å². The van der Waals surface area contributed by atoms with Crippen molar-refractivity contribution in [2.24, 2.45) is 0 Å². The van der Waals surface area contributed by atoms with E-state index in [0.717, 1.165) is 5.69 Å². The summed E-state index contributed by atoms with van der Waals surface area (Å²) in [5.41, 5.74) is 7.52. The second-order valence-electron chi connectivity index (χ2n) is 3.98. The van der Waals surface area contributed by atoms with Crippen molar-refractivity contribution in [2.45, 2.75) is 6.92 Å². The summed E-state index contributed by atoms with van der Waals surface area (Å²) in [6.07, 6.45) is 1.60. The predicted octanol–water partition coefficient (Wildman–Crippen LogP) is 2.55. The second-order valence-corrected chi connectivity index (χ2v) is 3.98. The van der Waals surface area contributed by atoms with Gasteiger partial charge in [-0.05, 0) is 37.3 Å². The summed E-state index contributed by atoms with van der Waals surface area (Å²) < 4.78 is 10.3. The first-order valence-electron chi connectivity index (χ1n) is 5.68. The number of benzene rings is 1. The monoisotopic (exact) mass is 258 g/mol. The number of methoxy groups -OCH3 is 1. The van der Waals surface area contributed by atoms with Gasteiger partial charge < -0.3 is 15.2 Å². The molecule has 0 spiro atoms. The van der Waals surface area contributed by atoms with Gasteiger partial charge in [0.05, 0.1) is 24.6 Å². The molecule has 0 amide bonds. The van der Waals surface area contributed by atoms with Crippen molar-refractivity contribution >= 4 is 11.7 Å². The van der Waals surface area contributed by atoms with E-state index in [0.29, 0.717) is 22.7 Å². The van der Waals surface area contributed by atoms with Crippen molar-refractivity contribution in [3.05, 3.63) is 47.8 Å². The number of esters is 1. The zero-order valence-corrected chi connectivity index (χ0v) is 10.7. The smallest absolute Gasteiger partial charge is 0.337 e. The normalized spacial score (nSPS) is 10.0. The molecular formula is C14H14N2O3. The maximum absolute atomic E-state index is 11.4. The number of hydrogen-bond acceptors (Lipinski definition) is 5. The highest BCUT2D eigenvalue weighted by Gasteiger charge is 2.10. The Morgan fingerprint density at radius 1 is 1.26 bits per heavy atom. The SMILES string of the molecule is COC(=O)c1ccc(N)c(Oc2ccc(C)nc2)c1. The number of nitrogens with zero attached hydrogens (tertiary/aromatic N) is 1. The fourth-order valence-corrected chi connectivity index (χ4v) is 1.51. The van der Waals surface area contributed by atoms with E-state index in [1.807, 2.05) is 13.0 Å². The van der Waals surface area contributed by atoms with Crippen molar-refractivity contribution in [1.82, 2.24) is 4.98 Å². The molecule has 0 aliphatic heterocycles. The Morgan fingerprint density at radius 3 is 2.68 bits per heavy atom. The number of carbonyl (C=O) groups excluding carboxylic acids is 1. The van der Waals surface area contributed by atoms with Gasteiger partial charge in [0.15, 0.2) is 5.75 Å². The lowest BCUT2D eigenvalue weighted by atomic mass is 10.2. The third-order valence-electron chi connectivity index (χ3n) is 2.55. The molecule has 2 aromatic rings. The molecule has 0 fully saturated rings. The number of anilines is 1. The molecule has 2 N–H and O–H groups in total. The van der Waals surface area contributed by atoms with Crippen molar-refractivity contribution in [2.75, 3.05) is 12.8 Å². The summed E-state index contributed by atoms with van der Waals surface area (Å²) in [7, 11) is 1.32. The van der Waals surface area contributed by atoms with Crippen molar-refractivity contribution in [3.63, 3.8) is 0 Å². The van der Waals surface area contributed by atoms with Gasteiger partial charge in [0, 0.05) is 5.69 Å². The van der Waals surface area contributed by atoms with Gasteiger partial charge in [0.2, 0.25) is 0 Å². The molecule has 0 saturated carbocycles. The maximum Gasteiger partial charge on any atom is 0.337 e. The van der Waals surface area contributed by atoms with Gasteiger partial charge in [0.1, 0.15) is 5.75 Å². The Labute approximate surface area is 111 Å². The molecule has 0 atom stereocenters. The fraction of sp³-hybridized carbons (Fsp3) is 0.143. The first kappa shape index (κ1) is 12.9. The molecule has 5 nitrogen and oxygen atoms in total. The van der Waals surface area contributed by atoms with Crippen LogP contribution in [0.2, 0.25) is 0 Å².